The van der Waals surface area contributed by atoms with E-state index < -0.39 is 17.6 Å². The van der Waals surface area contributed by atoms with Crippen LogP contribution >= 0.6 is 11.6 Å². The first-order chi connectivity index (χ1) is 13.7. The molecule has 10 heteroatoms. The molecule has 0 N–H and O–H groups in total. The Balaban J connectivity index is 2.02. The number of hydrogen-bond donors (Lipinski definition) is 0. The van der Waals surface area contributed by atoms with Crippen LogP contribution < -0.4 is 5.69 Å². The van der Waals surface area contributed by atoms with Crippen molar-refractivity contribution in [2.24, 2.45) is 7.05 Å². The average molecular weight is 420 g/mol. The minimum atomic E-state index is -4.67. The molecule has 0 aliphatic carbocycles. The normalized spacial score (nSPS) is 11.9. The summed E-state index contributed by atoms with van der Waals surface area (Å²) in [6.45, 7) is 0. The number of nitrogens with zero attached hydrogens (tertiary/aromatic N) is 5. The Morgan fingerprint density at radius 2 is 1.83 bits per heavy atom. The van der Waals surface area contributed by atoms with E-state index in [9.17, 15) is 18.0 Å². The highest BCUT2D eigenvalue weighted by Gasteiger charge is 2.33. The molecule has 0 amide bonds. The number of halogens is 4. The lowest BCUT2D eigenvalue weighted by atomic mass is 10.1. The minimum absolute atomic E-state index is 0.168. The molecule has 0 aliphatic heterocycles. The molecule has 0 aliphatic rings. The van der Waals surface area contributed by atoms with Gasteiger partial charge >= 0.3 is 11.9 Å². The van der Waals surface area contributed by atoms with E-state index in [-0.39, 0.29) is 28.5 Å². The molecule has 0 saturated carbocycles. The quantitative estimate of drug-likeness (QED) is 0.507. The molecule has 1 aromatic carbocycles. The lowest BCUT2D eigenvalue weighted by Gasteiger charge is -2.14. The smallest absolute Gasteiger partial charge is 0.276 e. The summed E-state index contributed by atoms with van der Waals surface area (Å²) in [5.74, 6) is 0. The topological polar surface area (TPSA) is 65.6 Å². The van der Waals surface area contributed by atoms with Crippen molar-refractivity contribution in [3.05, 3.63) is 81.3 Å². The second-order valence-electron chi connectivity index (χ2n) is 6.35. The molecular weight excluding hydrogens is 407 g/mol. The summed E-state index contributed by atoms with van der Waals surface area (Å²) in [6, 6.07) is 10.2. The summed E-state index contributed by atoms with van der Waals surface area (Å²) < 4.78 is 42.4. The van der Waals surface area contributed by atoms with E-state index in [1.807, 2.05) is 0 Å². The second kappa shape index (κ2) is 7.00. The van der Waals surface area contributed by atoms with Crippen molar-refractivity contribution in [1.29, 1.82) is 0 Å². The largest absolute Gasteiger partial charge is 0.433 e. The summed E-state index contributed by atoms with van der Waals surface area (Å²) in [7, 11) is 1.74. The molecule has 0 bridgehead atoms. The molecule has 0 saturated heterocycles. The maximum absolute atomic E-state index is 13.3. The van der Waals surface area contributed by atoms with Crippen LogP contribution in [-0.2, 0) is 19.6 Å². The van der Waals surface area contributed by atoms with Gasteiger partial charge in [0.1, 0.15) is 5.69 Å². The van der Waals surface area contributed by atoms with Gasteiger partial charge in [0.2, 0.25) is 0 Å². The van der Waals surface area contributed by atoms with Crippen LogP contribution in [0.5, 0.6) is 0 Å². The highest BCUT2D eigenvalue weighted by atomic mass is 35.5. The Hall–Kier alpha value is -3.20. The average Bonchev–Trinajstić information content (AvgIpc) is 3.06. The van der Waals surface area contributed by atoms with Crippen molar-refractivity contribution in [2.45, 2.75) is 12.6 Å². The molecule has 0 unspecified atom stereocenters. The number of aromatic nitrogens is 5. The highest BCUT2D eigenvalue weighted by Crippen LogP contribution is 2.30. The maximum Gasteiger partial charge on any atom is 0.433 e. The highest BCUT2D eigenvalue weighted by molar-refractivity contribution is 6.32. The standard InChI is InChI=1S/C19H13ClF3N5O/c1-27-9-8-11(26-27)10-14-12-6-7-16(19(21,22)23)25-17(12)28(18(29)24-14)15-5-3-2-4-13(15)20/h2-9H,10H2,1H3. The Kier molecular flexibility index (Phi) is 4.62. The fraction of sp³-hybridized carbons (Fsp3) is 0.158. The van der Waals surface area contributed by atoms with Gasteiger partial charge in [-0.05, 0) is 30.3 Å². The molecule has 0 fully saturated rings. The van der Waals surface area contributed by atoms with Crippen LogP contribution in [-0.4, -0.2) is 24.3 Å². The van der Waals surface area contributed by atoms with Crippen molar-refractivity contribution in [2.75, 3.05) is 0 Å². The van der Waals surface area contributed by atoms with Crippen LogP contribution in [0.1, 0.15) is 17.1 Å². The Bertz CT molecular complexity index is 1280. The zero-order valence-corrected chi connectivity index (χ0v) is 15.7. The first kappa shape index (κ1) is 19.1. The molecule has 29 heavy (non-hydrogen) atoms. The zero-order chi connectivity index (χ0) is 20.8. The molecule has 4 rings (SSSR count). The Morgan fingerprint density at radius 1 is 1.07 bits per heavy atom. The van der Waals surface area contributed by atoms with E-state index in [1.165, 1.54) is 18.2 Å². The lowest BCUT2D eigenvalue weighted by Crippen LogP contribution is -2.25. The summed E-state index contributed by atoms with van der Waals surface area (Å²) >= 11 is 6.18. The van der Waals surface area contributed by atoms with Crippen LogP contribution in [0.2, 0.25) is 5.02 Å². The van der Waals surface area contributed by atoms with Crippen LogP contribution in [0.4, 0.5) is 13.2 Å². The van der Waals surface area contributed by atoms with Gasteiger partial charge in [-0.1, -0.05) is 23.7 Å². The fourth-order valence-corrected chi connectivity index (χ4v) is 3.25. The monoisotopic (exact) mass is 419 g/mol. The first-order valence-corrected chi connectivity index (χ1v) is 8.85. The van der Waals surface area contributed by atoms with E-state index in [2.05, 4.69) is 15.1 Å². The van der Waals surface area contributed by atoms with E-state index in [0.29, 0.717) is 11.1 Å². The summed E-state index contributed by atoms with van der Waals surface area (Å²) in [5, 5.41) is 4.74. The lowest BCUT2D eigenvalue weighted by molar-refractivity contribution is -0.141. The third kappa shape index (κ3) is 3.61. The SMILES string of the molecule is Cn1ccc(Cc2nc(=O)n(-c3ccccc3Cl)c3nc(C(F)(F)F)ccc23)n1. The number of fused-ring (bicyclic) bond motifs is 1. The fourth-order valence-electron chi connectivity index (χ4n) is 3.03. The molecule has 4 aromatic rings. The first-order valence-electron chi connectivity index (χ1n) is 8.47. The maximum atomic E-state index is 13.3. The van der Waals surface area contributed by atoms with E-state index in [1.54, 1.807) is 36.1 Å². The van der Waals surface area contributed by atoms with Gasteiger partial charge in [0.15, 0.2) is 5.65 Å². The van der Waals surface area contributed by atoms with Gasteiger partial charge < -0.3 is 0 Å². The number of pyridine rings is 1. The number of hydrogen-bond acceptors (Lipinski definition) is 4. The summed E-state index contributed by atoms with van der Waals surface area (Å²) in [6.07, 6.45) is -2.77. The van der Waals surface area contributed by atoms with Gasteiger partial charge in [0.05, 0.1) is 22.1 Å². The van der Waals surface area contributed by atoms with Gasteiger partial charge in [-0.3, -0.25) is 4.68 Å². The van der Waals surface area contributed by atoms with Crippen molar-refractivity contribution in [1.82, 2.24) is 24.3 Å². The number of para-hydroxylation sites is 1. The Labute approximate surface area is 167 Å². The van der Waals surface area contributed by atoms with Crippen LogP contribution in [0, 0.1) is 0 Å². The Morgan fingerprint density at radius 3 is 2.48 bits per heavy atom. The van der Waals surface area contributed by atoms with Crippen molar-refractivity contribution >= 4 is 22.6 Å². The van der Waals surface area contributed by atoms with Gasteiger partial charge in [0, 0.05) is 25.1 Å². The van der Waals surface area contributed by atoms with E-state index in [4.69, 9.17) is 11.6 Å². The number of alkyl halides is 3. The van der Waals surface area contributed by atoms with Crippen LogP contribution in [0.25, 0.3) is 16.7 Å². The number of benzene rings is 1. The minimum Gasteiger partial charge on any atom is -0.276 e. The predicted octanol–water partition coefficient (Wildman–Crippen LogP) is 3.78. The molecule has 6 nitrogen and oxygen atoms in total. The molecule has 148 valence electrons. The molecule has 0 radical (unpaired) electrons. The predicted molar refractivity (Wildman–Crippen MR) is 101 cm³/mol. The molecule has 3 heterocycles. The van der Waals surface area contributed by atoms with Crippen molar-refractivity contribution < 1.29 is 13.2 Å². The van der Waals surface area contributed by atoms with Gasteiger partial charge in [-0.15, -0.1) is 0 Å². The third-order valence-electron chi connectivity index (χ3n) is 4.32. The molecule has 0 spiro atoms. The van der Waals surface area contributed by atoms with E-state index in [0.717, 1.165) is 10.6 Å². The third-order valence-corrected chi connectivity index (χ3v) is 4.64. The summed E-state index contributed by atoms with van der Waals surface area (Å²) in [5.41, 5.74) is -0.945. The van der Waals surface area contributed by atoms with Crippen molar-refractivity contribution in [3.63, 3.8) is 0 Å². The van der Waals surface area contributed by atoms with E-state index >= 15 is 0 Å². The number of aryl methyl sites for hydroxylation is 1. The number of rotatable bonds is 3. The van der Waals surface area contributed by atoms with Gasteiger partial charge in [-0.25, -0.2) is 14.3 Å². The van der Waals surface area contributed by atoms with Gasteiger partial charge in [0.25, 0.3) is 0 Å². The van der Waals surface area contributed by atoms with Gasteiger partial charge in [-0.2, -0.15) is 23.3 Å². The molecular formula is C19H13ClF3N5O. The molecule has 0 atom stereocenters. The van der Waals surface area contributed by atoms with Crippen LogP contribution in [0.3, 0.4) is 0 Å². The second-order valence-corrected chi connectivity index (χ2v) is 6.76. The van der Waals surface area contributed by atoms with Crippen LogP contribution in [0.15, 0.2) is 53.5 Å². The molecule has 3 aromatic heterocycles. The van der Waals surface area contributed by atoms with Crippen molar-refractivity contribution in [3.8, 4) is 5.69 Å². The zero-order valence-electron chi connectivity index (χ0n) is 15.0. The summed E-state index contributed by atoms with van der Waals surface area (Å²) in [4.78, 5) is 20.6.